The Balaban J connectivity index is 1.73. The molecule has 0 radical (unpaired) electrons. The summed E-state index contributed by atoms with van der Waals surface area (Å²) < 4.78 is 0. The first kappa shape index (κ1) is 17.7. The molecule has 0 aliphatic heterocycles. The molecule has 0 spiro atoms. The average molecular weight is 340 g/mol. The molecule has 2 aromatic carbocycles. The minimum Gasteiger partial charge on any atom is -0.508 e. The summed E-state index contributed by atoms with van der Waals surface area (Å²) in [7, 11) is 0. The van der Waals surface area contributed by atoms with E-state index in [9.17, 15) is 9.59 Å². The summed E-state index contributed by atoms with van der Waals surface area (Å²) in [5.74, 6) is -0.920. The van der Waals surface area contributed by atoms with Crippen LogP contribution in [0.15, 0.2) is 58.7 Å². The summed E-state index contributed by atoms with van der Waals surface area (Å²) in [4.78, 5) is 23.1. The second-order valence-corrected chi connectivity index (χ2v) is 4.95. The van der Waals surface area contributed by atoms with Crippen LogP contribution in [-0.2, 0) is 9.59 Å². The Kier molecular flexibility index (Phi) is 6.24. The van der Waals surface area contributed by atoms with Crippen molar-refractivity contribution in [3.63, 3.8) is 0 Å². The molecule has 0 saturated heterocycles. The van der Waals surface area contributed by atoms with Gasteiger partial charge in [0.25, 0.3) is 0 Å². The molecule has 0 heterocycles. The molecule has 0 atom stereocenters. The zero-order chi connectivity index (χ0) is 18.1. The molecule has 0 aliphatic carbocycles. The quantitative estimate of drug-likeness (QED) is 0.357. The lowest BCUT2D eigenvalue weighted by Gasteiger charge is -1.99. The topological polar surface area (TPSA) is 123 Å². The van der Waals surface area contributed by atoms with Gasteiger partial charge in [-0.15, -0.1) is 0 Å². The van der Waals surface area contributed by atoms with Crippen molar-refractivity contribution in [2.75, 3.05) is 0 Å². The highest BCUT2D eigenvalue weighted by molar-refractivity contribution is 5.97. The Morgan fingerprint density at radius 1 is 0.760 bits per heavy atom. The number of carbonyl (C=O) groups excluding carboxylic acids is 2. The number of nitrogens with one attached hydrogen (secondary N) is 2. The van der Waals surface area contributed by atoms with E-state index in [1.165, 1.54) is 36.7 Å². The van der Waals surface area contributed by atoms with Crippen molar-refractivity contribution in [3.8, 4) is 11.5 Å². The SMILES string of the molecule is O=C(CC(=O)NN=Cc1ccc(O)cc1)NN=Cc1ccc(O)cc1. The summed E-state index contributed by atoms with van der Waals surface area (Å²) in [6, 6.07) is 12.4. The molecule has 2 rings (SSSR count). The first-order valence-corrected chi connectivity index (χ1v) is 7.25. The number of carbonyl (C=O) groups is 2. The summed E-state index contributed by atoms with van der Waals surface area (Å²) in [5.41, 5.74) is 5.80. The molecule has 2 amide bonds. The van der Waals surface area contributed by atoms with Gasteiger partial charge in [0, 0.05) is 0 Å². The van der Waals surface area contributed by atoms with Gasteiger partial charge in [0.15, 0.2) is 0 Å². The van der Waals surface area contributed by atoms with Crippen molar-refractivity contribution in [1.82, 2.24) is 10.9 Å². The van der Waals surface area contributed by atoms with E-state index in [0.717, 1.165) is 0 Å². The molecule has 0 bridgehead atoms. The predicted molar refractivity (Wildman–Crippen MR) is 92.3 cm³/mol. The Labute approximate surface area is 143 Å². The minimum absolute atomic E-state index is 0.130. The van der Waals surface area contributed by atoms with Gasteiger partial charge in [-0.05, 0) is 59.7 Å². The molecule has 0 saturated carbocycles. The van der Waals surface area contributed by atoms with Gasteiger partial charge in [0.05, 0.1) is 12.4 Å². The monoisotopic (exact) mass is 340 g/mol. The lowest BCUT2D eigenvalue weighted by Crippen LogP contribution is -2.27. The van der Waals surface area contributed by atoms with Gasteiger partial charge in [0.1, 0.15) is 17.9 Å². The smallest absolute Gasteiger partial charge is 0.249 e. The molecule has 0 aliphatic rings. The number of phenolic OH excluding ortho intramolecular Hbond substituents is 2. The molecule has 0 aromatic heterocycles. The van der Waals surface area contributed by atoms with Crippen LogP contribution in [-0.4, -0.2) is 34.5 Å². The van der Waals surface area contributed by atoms with Crippen molar-refractivity contribution >= 4 is 24.2 Å². The third-order valence-electron chi connectivity index (χ3n) is 2.91. The van der Waals surface area contributed by atoms with E-state index in [2.05, 4.69) is 21.1 Å². The second-order valence-electron chi connectivity index (χ2n) is 4.95. The van der Waals surface area contributed by atoms with Crippen LogP contribution in [0.2, 0.25) is 0 Å². The second kappa shape index (κ2) is 8.82. The van der Waals surface area contributed by atoms with Crippen molar-refractivity contribution in [2.45, 2.75) is 6.42 Å². The third-order valence-corrected chi connectivity index (χ3v) is 2.91. The number of amides is 2. The number of benzene rings is 2. The van der Waals surface area contributed by atoms with E-state index in [-0.39, 0.29) is 11.5 Å². The number of aromatic hydroxyl groups is 2. The molecule has 8 heteroatoms. The zero-order valence-electron chi connectivity index (χ0n) is 13.1. The summed E-state index contributed by atoms with van der Waals surface area (Å²) >= 11 is 0. The maximum Gasteiger partial charge on any atom is 0.249 e. The highest BCUT2D eigenvalue weighted by Crippen LogP contribution is 2.08. The van der Waals surface area contributed by atoms with Crippen LogP contribution < -0.4 is 10.9 Å². The first-order valence-electron chi connectivity index (χ1n) is 7.25. The molecule has 25 heavy (non-hydrogen) atoms. The van der Waals surface area contributed by atoms with Crippen molar-refractivity contribution in [3.05, 3.63) is 59.7 Å². The van der Waals surface area contributed by atoms with Crippen LogP contribution >= 0.6 is 0 Å². The maximum absolute atomic E-state index is 11.6. The molecule has 0 unspecified atom stereocenters. The van der Waals surface area contributed by atoms with E-state index in [4.69, 9.17) is 10.2 Å². The van der Waals surface area contributed by atoms with Crippen LogP contribution in [0.3, 0.4) is 0 Å². The Bertz CT molecular complexity index is 716. The highest BCUT2D eigenvalue weighted by atomic mass is 16.3. The maximum atomic E-state index is 11.6. The fraction of sp³-hybridized carbons (Fsp3) is 0.0588. The molecule has 4 N–H and O–H groups in total. The van der Waals surface area contributed by atoms with Gasteiger partial charge in [-0.25, -0.2) is 10.9 Å². The lowest BCUT2D eigenvalue weighted by molar-refractivity contribution is -0.129. The minimum atomic E-state index is -0.590. The van der Waals surface area contributed by atoms with E-state index in [1.807, 2.05) is 0 Å². The van der Waals surface area contributed by atoms with Gasteiger partial charge in [-0.1, -0.05) is 0 Å². The van der Waals surface area contributed by atoms with Crippen LogP contribution in [0.25, 0.3) is 0 Å². The third kappa shape index (κ3) is 6.53. The van der Waals surface area contributed by atoms with Crippen molar-refractivity contribution < 1.29 is 19.8 Å². The number of hydrazone groups is 2. The van der Waals surface area contributed by atoms with E-state index < -0.39 is 18.2 Å². The van der Waals surface area contributed by atoms with Crippen LogP contribution in [0.1, 0.15) is 17.5 Å². The van der Waals surface area contributed by atoms with Gasteiger partial charge >= 0.3 is 0 Å². The summed E-state index contributed by atoms with van der Waals surface area (Å²) in [6.07, 6.45) is 2.34. The zero-order valence-corrected chi connectivity index (χ0v) is 13.1. The lowest BCUT2D eigenvalue weighted by atomic mass is 10.2. The molecular weight excluding hydrogens is 324 g/mol. The van der Waals surface area contributed by atoms with E-state index in [1.54, 1.807) is 24.3 Å². The normalized spacial score (nSPS) is 10.9. The molecule has 0 fully saturated rings. The van der Waals surface area contributed by atoms with Gasteiger partial charge in [0.2, 0.25) is 11.8 Å². The van der Waals surface area contributed by atoms with E-state index in [0.29, 0.717) is 11.1 Å². The largest absolute Gasteiger partial charge is 0.508 e. The van der Waals surface area contributed by atoms with Crippen molar-refractivity contribution in [2.24, 2.45) is 10.2 Å². The number of phenols is 2. The Morgan fingerprint density at radius 3 is 1.48 bits per heavy atom. The first-order chi connectivity index (χ1) is 12.0. The molecular formula is C17H16N4O4. The summed E-state index contributed by atoms with van der Waals surface area (Å²) in [6.45, 7) is 0. The Hall–Kier alpha value is -3.68. The fourth-order valence-electron chi connectivity index (χ4n) is 1.70. The number of rotatable bonds is 6. The standard InChI is InChI=1S/C17H16N4O4/c22-14-5-1-12(2-6-14)10-18-20-16(24)9-17(25)21-19-11-13-3-7-15(23)8-4-13/h1-8,10-11,22-23H,9H2,(H,20,24)(H,21,25). The average Bonchev–Trinajstić information content (AvgIpc) is 2.58. The van der Waals surface area contributed by atoms with Gasteiger partial charge in [-0.3, -0.25) is 9.59 Å². The predicted octanol–water partition coefficient (Wildman–Crippen LogP) is 1.09. The van der Waals surface area contributed by atoms with Gasteiger partial charge < -0.3 is 10.2 Å². The highest BCUT2D eigenvalue weighted by Gasteiger charge is 2.07. The molecule has 8 nitrogen and oxygen atoms in total. The van der Waals surface area contributed by atoms with Crippen LogP contribution in [0.5, 0.6) is 11.5 Å². The fourth-order valence-corrected chi connectivity index (χ4v) is 1.70. The number of hydrogen-bond donors (Lipinski definition) is 4. The molecule has 2 aromatic rings. The van der Waals surface area contributed by atoms with Crippen LogP contribution in [0.4, 0.5) is 0 Å². The van der Waals surface area contributed by atoms with Crippen molar-refractivity contribution in [1.29, 1.82) is 0 Å². The number of hydrogen-bond acceptors (Lipinski definition) is 6. The van der Waals surface area contributed by atoms with Gasteiger partial charge in [-0.2, -0.15) is 10.2 Å². The Morgan fingerprint density at radius 2 is 1.12 bits per heavy atom. The molecule has 128 valence electrons. The summed E-state index contributed by atoms with van der Waals surface area (Å²) in [5, 5.41) is 25.7. The number of nitrogens with zero attached hydrogens (tertiary/aromatic N) is 2. The van der Waals surface area contributed by atoms with Crippen LogP contribution in [0, 0.1) is 0 Å². The van der Waals surface area contributed by atoms with E-state index >= 15 is 0 Å².